The lowest BCUT2D eigenvalue weighted by Gasteiger charge is -2.21. The van der Waals surface area contributed by atoms with E-state index in [9.17, 15) is 14.7 Å². The van der Waals surface area contributed by atoms with Crippen LogP contribution in [0.4, 0.5) is 0 Å². The van der Waals surface area contributed by atoms with E-state index in [1.165, 1.54) is 12.0 Å². The Labute approximate surface area is 155 Å². The van der Waals surface area contributed by atoms with Crippen molar-refractivity contribution in [2.75, 3.05) is 13.7 Å². The average Bonchev–Trinajstić information content (AvgIpc) is 3.08. The lowest BCUT2D eigenvalue weighted by molar-refractivity contribution is -0.141. The van der Waals surface area contributed by atoms with Gasteiger partial charge in [0.05, 0.1) is 6.10 Å². The van der Waals surface area contributed by atoms with Crippen LogP contribution in [0.2, 0.25) is 5.02 Å². The molecular formula is C19H18ClNO5. The Hall–Kier alpha value is -2.57. The van der Waals surface area contributed by atoms with Gasteiger partial charge in [-0.3, -0.25) is 4.79 Å². The van der Waals surface area contributed by atoms with E-state index in [2.05, 4.69) is 0 Å². The summed E-state index contributed by atoms with van der Waals surface area (Å²) in [4.78, 5) is 25.6. The van der Waals surface area contributed by atoms with Crippen LogP contribution >= 0.6 is 11.6 Å². The molecule has 1 aliphatic rings. The summed E-state index contributed by atoms with van der Waals surface area (Å²) in [5.41, 5.74) is 0.361. The summed E-state index contributed by atoms with van der Waals surface area (Å²) in [5, 5.41) is 9.98. The van der Waals surface area contributed by atoms with E-state index < -0.39 is 12.0 Å². The smallest absolute Gasteiger partial charge is 0.326 e. The van der Waals surface area contributed by atoms with E-state index in [4.69, 9.17) is 21.1 Å². The lowest BCUT2D eigenvalue weighted by Crippen LogP contribution is -2.40. The van der Waals surface area contributed by atoms with Crippen LogP contribution in [-0.2, 0) is 9.53 Å². The van der Waals surface area contributed by atoms with Crippen molar-refractivity contribution in [1.82, 2.24) is 4.90 Å². The van der Waals surface area contributed by atoms with Gasteiger partial charge in [-0.2, -0.15) is 0 Å². The summed E-state index contributed by atoms with van der Waals surface area (Å²) >= 11 is 5.85. The lowest BCUT2D eigenvalue weighted by atomic mass is 10.1. The van der Waals surface area contributed by atoms with E-state index in [1.54, 1.807) is 48.5 Å². The number of hydrogen-bond acceptors (Lipinski definition) is 4. The number of aliphatic carboxylic acids is 1. The SMILES string of the molecule is COC1CC(C(=O)O)N(C(=O)c2cccc(Oc3ccc(Cl)cc3)c2)C1. The number of likely N-dealkylation sites (tertiary alicyclic amines) is 1. The number of benzene rings is 2. The summed E-state index contributed by atoms with van der Waals surface area (Å²) in [6.45, 7) is 0.245. The fraction of sp³-hybridized carbons (Fsp3) is 0.263. The molecule has 2 aromatic rings. The van der Waals surface area contributed by atoms with Crippen LogP contribution in [0.3, 0.4) is 0 Å². The number of carbonyl (C=O) groups is 2. The molecule has 0 bridgehead atoms. The fourth-order valence-corrected chi connectivity index (χ4v) is 3.05. The molecule has 1 N–H and O–H groups in total. The van der Waals surface area contributed by atoms with Crippen molar-refractivity contribution in [1.29, 1.82) is 0 Å². The molecule has 0 aliphatic carbocycles. The van der Waals surface area contributed by atoms with Crippen molar-refractivity contribution in [3.05, 3.63) is 59.1 Å². The molecule has 3 rings (SSSR count). The van der Waals surface area contributed by atoms with Crippen LogP contribution in [0, 0.1) is 0 Å². The van der Waals surface area contributed by atoms with Crippen LogP contribution in [0.25, 0.3) is 0 Å². The Bertz CT molecular complexity index is 808. The highest BCUT2D eigenvalue weighted by Crippen LogP contribution is 2.26. The second-order valence-corrected chi connectivity index (χ2v) is 6.43. The van der Waals surface area contributed by atoms with Crippen LogP contribution in [0.1, 0.15) is 16.8 Å². The van der Waals surface area contributed by atoms with Crippen molar-refractivity contribution in [3.63, 3.8) is 0 Å². The van der Waals surface area contributed by atoms with Crippen LogP contribution in [0.15, 0.2) is 48.5 Å². The molecule has 0 aromatic heterocycles. The van der Waals surface area contributed by atoms with E-state index in [1.807, 2.05) is 0 Å². The molecule has 0 spiro atoms. The van der Waals surface area contributed by atoms with Gasteiger partial charge >= 0.3 is 5.97 Å². The third-order valence-corrected chi connectivity index (χ3v) is 4.52. The molecule has 0 saturated carbocycles. The van der Waals surface area contributed by atoms with Gasteiger partial charge in [0, 0.05) is 30.7 Å². The fourth-order valence-electron chi connectivity index (χ4n) is 2.92. The van der Waals surface area contributed by atoms with Crippen molar-refractivity contribution in [2.24, 2.45) is 0 Å². The predicted octanol–water partition coefficient (Wildman–Crippen LogP) is 3.45. The van der Waals surface area contributed by atoms with E-state index in [0.717, 1.165) is 0 Å². The molecule has 0 radical (unpaired) electrons. The molecule has 7 heteroatoms. The second kappa shape index (κ2) is 7.76. The number of halogens is 1. The third-order valence-electron chi connectivity index (χ3n) is 4.27. The molecule has 1 heterocycles. The van der Waals surface area contributed by atoms with Crippen molar-refractivity contribution < 1.29 is 24.2 Å². The van der Waals surface area contributed by atoms with Crippen LogP contribution in [0.5, 0.6) is 11.5 Å². The third kappa shape index (κ3) is 3.98. The Morgan fingerprint density at radius 3 is 2.54 bits per heavy atom. The number of nitrogens with zero attached hydrogens (tertiary/aromatic N) is 1. The predicted molar refractivity (Wildman–Crippen MR) is 95.8 cm³/mol. The molecule has 26 heavy (non-hydrogen) atoms. The van der Waals surface area contributed by atoms with E-state index >= 15 is 0 Å². The van der Waals surface area contributed by atoms with Gasteiger partial charge < -0.3 is 19.5 Å². The van der Waals surface area contributed by atoms with Crippen LogP contribution in [-0.4, -0.2) is 47.7 Å². The molecule has 136 valence electrons. The molecule has 1 fully saturated rings. The maximum Gasteiger partial charge on any atom is 0.326 e. The largest absolute Gasteiger partial charge is 0.480 e. The van der Waals surface area contributed by atoms with Gasteiger partial charge in [0.15, 0.2) is 0 Å². The second-order valence-electron chi connectivity index (χ2n) is 5.99. The molecule has 2 unspecified atom stereocenters. The minimum atomic E-state index is -1.04. The molecule has 2 aromatic carbocycles. The minimum absolute atomic E-state index is 0.245. The first-order valence-corrected chi connectivity index (χ1v) is 8.46. The van der Waals surface area contributed by atoms with Gasteiger partial charge in [0.25, 0.3) is 5.91 Å². The number of hydrogen-bond donors (Lipinski definition) is 1. The number of ether oxygens (including phenoxy) is 2. The molecule has 2 atom stereocenters. The van der Waals surface area contributed by atoms with Crippen LogP contribution < -0.4 is 4.74 Å². The normalized spacial score (nSPS) is 19.4. The highest BCUT2D eigenvalue weighted by molar-refractivity contribution is 6.30. The first-order valence-electron chi connectivity index (χ1n) is 8.08. The number of carboxylic acids is 1. The summed E-state index contributed by atoms with van der Waals surface area (Å²) in [7, 11) is 1.51. The highest BCUT2D eigenvalue weighted by Gasteiger charge is 2.40. The molecular weight excluding hydrogens is 358 g/mol. The van der Waals surface area contributed by atoms with Crippen molar-refractivity contribution in [2.45, 2.75) is 18.6 Å². The number of carboxylic acid groups (broad SMARTS) is 1. The Morgan fingerprint density at radius 1 is 1.15 bits per heavy atom. The molecule has 1 saturated heterocycles. The Kier molecular flexibility index (Phi) is 5.44. The Morgan fingerprint density at radius 2 is 1.88 bits per heavy atom. The maximum absolute atomic E-state index is 12.8. The van der Waals surface area contributed by atoms with Gasteiger partial charge in [-0.1, -0.05) is 17.7 Å². The minimum Gasteiger partial charge on any atom is -0.480 e. The zero-order valence-electron chi connectivity index (χ0n) is 14.1. The molecule has 1 aliphatic heterocycles. The van der Waals surface area contributed by atoms with Gasteiger partial charge in [0.1, 0.15) is 17.5 Å². The van der Waals surface area contributed by atoms with E-state index in [-0.39, 0.29) is 25.0 Å². The van der Waals surface area contributed by atoms with Gasteiger partial charge in [0.2, 0.25) is 0 Å². The Balaban J connectivity index is 1.79. The monoisotopic (exact) mass is 375 g/mol. The summed E-state index contributed by atoms with van der Waals surface area (Å²) < 4.78 is 11.0. The number of rotatable bonds is 5. The average molecular weight is 376 g/mol. The summed E-state index contributed by atoms with van der Waals surface area (Å²) in [5.74, 6) is -0.333. The standard InChI is InChI=1S/C19H18ClNO5/c1-25-16-10-17(19(23)24)21(11-16)18(22)12-3-2-4-15(9-12)26-14-7-5-13(20)6-8-14/h2-9,16-17H,10-11H2,1H3,(H,23,24). The topological polar surface area (TPSA) is 76.1 Å². The maximum atomic E-state index is 12.8. The first kappa shape index (κ1) is 18.2. The van der Waals surface area contributed by atoms with Crippen molar-refractivity contribution in [3.8, 4) is 11.5 Å². The molecule has 1 amide bonds. The van der Waals surface area contributed by atoms with Gasteiger partial charge in [-0.05, 0) is 42.5 Å². The number of methoxy groups -OCH3 is 1. The van der Waals surface area contributed by atoms with Crippen molar-refractivity contribution >= 4 is 23.5 Å². The summed E-state index contributed by atoms with van der Waals surface area (Å²) in [6.07, 6.45) is -0.00742. The zero-order valence-corrected chi connectivity index (χ0v) is 14.8. The number of amides is 1. The van der Waals surface area contributed by atoms with Gasteiger partial charge in [-0.25, -0.2) is 4.79 Å². The van der Waals surface area contributed by atoms with E-state index in [0.29, 0.717) is 22.1 Å². The summed E-state index contributed by atoms with van der Waals surface area (Å²) in [6, 6.07) is 12.6. The van der Waals surface area contributed by atoms with Gasteiger partial charge in [-0.15, -0.1) is 0 Å². The molecule has 6 nitrogen and oxygen atoms in total. The quantitative estimate of drug-likeness (QED) is 0.866. The zero-order chi connectivity index (χ0) is 18.7. The highest BCUT2D eigenvalue weighted by atomic mass is 35.5. The number of carbonyl (C=O) groups excluding carboxylic acids is 1. The first-order chi connectivity index (χ1) is 12.5.